The van der Waals surface area contributed by atoms with Crippen LogP contribution >= 0.6 is 0 Å². The summed E-state index contributed by atoms with van der Waals surface area (Å²) in [6.45, 7) is 14.1. The highest BCUT2D eigenvalue weighted by Gasteiger charge is 2.26. The normalized spacial score (nSPS) is 17.0. The summed E-state index contributed by atoms with van der Waals surface area (Å²) < 4.78 is 6.82. The van der Waals surface area contributed by atoms with E-state index in [2.05, 4.69) is 112 Å². The number of rotatable bonds is 9. The molecule has 3 aromatic rings. The van der Waals surface area contributed by atoms with Crippen LogP contribution in [0.2, 0.25) is 0 Å². The van der Waals surface area contributed by atoms with Crippen LogP contribution in [0.1, 0.15) is 92.0 Å². The van der Waals surface area contributed by atoms with Crippen LogP contribution in [0.5, 0.6) is 0 Å². The van der Waals surface area contributed by atoms with Gasteiger partial charge in [0.1, 0.15) is 6.10 Å². The Bertz CT molecular complexity index is 1120. The summed E-state index contributed by atoms with van der Waals surface area (Å²) in [6.07, 6.45) is 3.73. The molecule has 1 fully saturated rings. The molecule has 0 aromatic heterocycles. The first-order valence-electron chi connectivity index (χ1n) is 14.0. The molecule has 198 valence electrons. The van der Waals surface area contributed by atoms with E-state index in [1.807, 2.05) is 0 Å². The van der Waals surface area contributed by atoms with Gasteiger partial charge in [-0.3, -0.25) is 0 Å². The van der Waals surface area contributed by atoms with E-state index in [-0.39, 0.29) is 23.7 Å². The molecule has 2 atom stereocenters. The standard InChI is InChI=1S/C34H45NO2/c1-25-10-8-12-28(24-25)33(31-13-7-6-11-26(31)2)37-30-19-22-35(23-20-30)21-9-14-32(36)27-15-17-29(18-16-27)34(3,4)5/h6-8,10-13,15-18,24,30,32-33,36H,9,14,19-23H2,1-5H3. The molecule has 37 heavy (non-hydrogen) atoms. The van der Waals surface area contributed by atoms with Crippen molar-refractivity contribution in [3.8, 4) is 0 Å². The zero-order valence-electron chi connectivity index (χ0n) is 23.4. The van der Waals surface area contributed by atoms with Crippen LogP contribution in [0.25, 0.3) is 0 Å². The highest BCUT2D eigenvalue weighted by molar-refractivity contribution is 5.37. The summed E-state index contributed by atoms with van der Waals surface area (Å²) >= 11 is 0. The predicted molar refractivity (Wildman–Crippen MR) is 154 cm³/mol. The molecular weight excluding hydrogens is 454 g/mol. The number of aliphatic hydroxyl groups is 1. The molecule has 3 heteroatoms. The molecule has 1 saturated heterocycles. The summed E-state index contributed by atoms with van der Waals surface area (Å²) in [6, 6.07) is 25.8. The lowest BCUT2D eigenvalue weighted by atomic mass is 9.86. The molecule has 2 unspecified atom stereocenters. The van der Waals surface area contributed by atoms with Crippen LogP contribution in [0.15, 0.2) is 72.8 Å². The maximum atomic E-state index is 10.7. The molecule has 0 spiro atoms. The van der Waals surface area contributed by atoms with Gasteiger partial charge in [-0.05, 0) is 79.3 Å². The van der Waals surface area contributed by atoms with Gasteiger partial charge in [-0.25, -0.2) is 0 Å². The Morgan fingerprint density at radius 2 is 1.59 bits per heavy atom. The topological polar surface area (TPSA) is 32.7 Å². The van der Waals surface area contributed by atoms with E-state index in [4.69, 9.17) is 4.74 Å². The second-order valence-electron chi connectivity index (χ2n) is 11.9. The Morgan fingerprint density at radius 3 is 2.24 bits per heavy atom. The lowest BCUT2D eigenvalue weighted by Gasteiger charge is -2.34. The molecule has 0 bridgehead atoms. The highest BCUT2D eigenvalue weighted by Crippen LogP contribution is 2.32. The highest BCUT2D eigenvalue weighted by atomic mass is 16.5. The minimum absolute atomic E-state index is 0.0301. The van der Waals surface area contributed by atoms with Crippen LogP contribution in [0, 0.1) is 13.8 Å². The average Bonchev–Trinajstić information content (AvgIpc) is 2.88. The third-order valence-corrected chi connectivity index (χ3v) is 7.79. The van der Waals surface area contributed by atoms with Crippen molar-refractivity contribution in [2.45, 2.75) is 84.0 Å². The fraction of sp³-hybridized carbons (Fsp3) is 0.471. The van der Waals surface area contributed by atoms with Crippen LogP contribution in [0.4, 0.5) is 0 Å². The van der Waals surface area contributed by atoms with Gasteiger partial charge in [0.2, 0.25) is 0 Å². The molecule has 1 heterocycles. The molecule has 1 aliphatic rings. The maximum absolute atomic E-state index is 10.7. The van der Waals surface area contributed by atoms with Crippen LogP contribution in [-0.4, -0.2) is 35.7 Å². The summed E-state index contributed by atoms with van der Waals surface area (Å²) in [5.74, 6) is 0. The monoisotopic (exact) mass is 499 g/mol. The van der Waals surface area contributed by atoms with Crippen molar-refractivity contribution in [3.05, 3.63) is 106 Å². The van der Waals surface area contributed by atoms with E-state index in [9.17, 15) is 5.11 Å². The van der Waals surface area contributed by atoms with Crippen molar-refractivity contribution in [2.75, 3.05) is 19.6 Å². The number of hydrogen-bond acceptors (Lipinski definition) is 3. The molecule has 0 radical (unpaired) electrons. The van der Waals surface area contributed by atoms with Crippen LogP contribution < -0.4 is 0 Å². The predicted octanol–water partition coefficient (Wildman–Crippen LogP) is 7.69. The summed E-state index contributed by atoms with van der Waals surface area (Å²) in [7, 11) is 0. The number of aliphatic hydroxyl groups excluding tert-OH is 1. The fourth-order valence-electron chi connectivity index (χ4n) is 5.39. The Balaban J connectivity index is 1.27. The molecule has 1 aliphatic heterocycles. The minimum atomic E-state index is -0.390. The third-order valence-electron chi connectivity index (χ3n) is 7.79. The number of nitrogens with zero attached hydrogens (tertiary/aromatic N) is 1. The molecule has 1 N–H and O–H groups in total. The number of likely N-dealkylation sites (tertiary alicyclic amines) is 1. The van der Waals surface area contributed by atoms with Gasteiger partial charge in [0.15, 0.2) is 0 Å². The number of ether oxygens (including phenoxy) is 1. The minimum Gasteiger partial charge on any atom is -0.388 e. The number of benzene rings is 3. The largest absolute Gasteiger partial charge is 0.388 e. The summed E-state index contributed by atoms with van der Waals surface area (Å²) in [4.78, 5) is 2.53. The van der Waals surface area contributed by atoms with Gasteiger partial charge < -0.3 is 14.7 Å². The first kappa shape index (κ1) is 27.6. The Hall–Kier alpha value is -2.46. The van der Waals surface area contributed by atoms with Gasteiger partial charge in [-0.15, -0.1) is 0 Å². The van der Waals surface area contributed by atoms with Crippen molar-refractivity contribution >= 4 is 0 Å². The Morgan fingerprint density at radius 1 is 0.892 bits per heavy atom. The zero-order valence-corrected chi connectivity index (χ0v) is 23.4. The zero-order chi connectivity index (χ0) is 26.4. The lowest BCUT2D eigenvalue weighted by molar-refractivity contribution is -0.0276. The van der Waals surface area contributed by atoms with E-state index in [1.54, 1.807) is 0 Å². The average molecular weight is 500 g/mol. The van der Waals surface area contributed by atoms with Crippen molar-refractivity contribution in [1.82, 2.24) is 4.90 Å². The number of aryl methyl sites for hydroxylation is 2. The first-order chi connectivity index (χ1) is 17.7. The number of piperidine rings is 1. The van der Waals surface area contributed by atoms with Gasteiger partial charge >= 0.3 is 0 Å². The van der Waals surface area contributed by atoms with E-state index < -0.39 is 0 Å². The van der Waals surface area contributed by atoms with Crippen molar-refractivity contribution in [1.29, 1.82) is 0 Å². The van der Waals surface area contributed by atoms with Gasteiger partial charge in [-0.1, -0.05) is 99.1 Å². The molecule has 3 aromatic carbocycles. The smallest absolute Gasteiger partial charge is 0.108 e. The lowest BCUT2D eigenvalue weighted by Crippen LogP contribution is -2.38. The van der Waals surface area contributed by atoms with Crippen molar-refractivity contribution < 1.29 is 9.84 Å². The second kappa shape index (κ2) is 12.4. The molecule has 3 nitrogen and oxygen atoms in total. The van der Waals surface area contributed by atoms with Crippen LogP contribution in [0.3, 0.4) is 0 Å². The Labute approximate surface area is 224 Å². The molecule has 0 saturated carbocycles. The molecule has 4 rings (SSSR count). The van der Waals surface area contributed by atoms with E-state index in [0.717, 1.165) is 50.9 Å². The second-order valence-corrected chi connectivity index (χ2v) is 11.9. The molecular formula is C34H45NO2. The fourth-order valence-corrected chi connectivity index (χ4v) is 5.39. The third kappa shape index (κ3) is 7.54. The van der Waals surface area contributed by atoms with Gasteiger partial charge in [0, 0.05) is 13.1 Å². The van der Waals surface area contributed by atoms with Crippen molar-refractivity contribution in [2.24, 2.45) is 0 Å². The SMILES string of the molecule is Cc1cccc(C(OC2CCN(CCCC(O)c3ccc(C(C)(C)C)cc3)CC2)c2ccccc2C)c1. The van der Waals surface area contributed by atoms with Crippen LogP contribution in [-0.2, 0) is 10.2 Å². The first-order valence-corrected chi connectivity index (χ1v) is 14.0. The molecule has 0 aliphatic carbocycles. The van der Waals surface area contributed by atoms with Gasteiger partial charge in [-0.2, -0.15) is 0 Å². The van der Waals surface area contributed by atoms with E-state index in [1.165, 1.54) is 27.8 Å². The number of hydrogen-bond donors (Lipinski definition) is 1. The van der Waals surface area contributed by atoms with Gasteiger partial charge in [0.25, 0.3) is 0 Å². The summed E-state index contributed by atoms with van der Waals surface area (Å²) in [5, 5.41) is 10.7. The van der Waals surface area contributed by atoms with Crippen molar-refractivity contribution in [3.63, 3.8) is 0 Å². The molecule has 0 amide bonds. The maximum Gasteiger partial charge on any atom is 0.108 e. The van der Waals surface area contributed by atoms with E-state index >= 15 is 0 Å². The van der Waals surface area contributed by atoms with Gasteiger partial charge in [0.05, 0.1) is 12.2 Å². The van der Waals surface area contributed by atoms with E-state index in [0.29, 0.717) is 0 Å². The quantitative estimate of drug-likeness (QED) is 0.328. The Kier molecular flexibility index (Phi) is 9.23. The summed E-state index contributed by atoms with van der Waals surface area (Å²) in [5.41, 5.74) is 7.51.